The van der Waals surface area contributed by atoms with Crippen molar-refractivity contribution in [1.82, 2.24) is 10.3 Å². The molecule has 1 aliphatic rings. The molecule has 1 saturated heterocycles. The summed E-state index contributed by atoms with van der Waals surface area (Å²) in [6.45, 7) is 2.45. The minimum absolute atomic E-state index is 0.138. The van der Waals surface area contributed by atoms with Gasteiger partial charge in [-0.1, -0.05) is 13.0 Å². The molecule has 0 saturated carbocycles. The fourth-order valence-corrected chi connectivity index (χ4v) is 2.37. The fraction of sp³-hybridized carbons (Fsp3) is 0.643. The molecule has 1 aromatic rings. The highest BCUT2D eigenvalue weighted by Gasteiger charge is 2.27. The molecule has 1 N–H and O–H groups in total. The largest absolute Gasteiger partial charge is 0.401 e. The normalized spacial score (nSPS) is 19.5. The summed E-state index contributed by atoms with van der Waals surface area (Å²) in [5, 5.41) is 2.43. The van der Waals surface area contributed by atoms with E-state index in [1.54, 1.807) is 0 Å². The first-order valence-electron chi connectivity index (χ1n) is 6.83. The molecule has 6 heteroatoms. The van der Waals surface area contributed by atoms with Crippen LogP contribution in [0.2, 0.25) is 0 Å². The van der Waals surface area contributed by atoms with E-state index in [9.17, 15) is 13.2 Å². The van der Waals surface area contributed by atoms with Gasteiger partial charge in [-0.05, 0) is 24.5 Å². The van der Waals surface area contributed by atoms with Gasteiger partial charge in [-0.25, -0.2) is 0 Å². The molecule has 0 radical (unpaired) electrons. The first-order valence-corrected chi connectivity index (χ1v) is 6.83. The number of hydrogen-bond donors (Lipinski definition) is 1. The summed E-state index contributed by atoms with van der Waals surface area (Å²) in [5.74, 6) is 0.246. The van der Waals surface area contributed by atoms with E-state index in [0.29, 0.717) is 18.9 Å². The fourth-order valence-electron chi connectivity index (χ4n) is 2.37. The molecule has 0 unspecified atom stereocenters. The summed E-state index contributed by atoms with van der Waals surface area (Å²) >= 11 is 0. The van der Waals surface area contributed by atoms with Gasteiger partial charge in [0, 0.05) is 24.8 Å². The van der Waals surface area contributed by atoms with Crippen LogP contribution in [0.15, 0.2) is 12.1 Å². The lowest BCUT2D eigenvalue weighted by atomic mass is 9.96. The lowest BCUT2D eigenvalue weighted by Gasteiger charge is -2.16. The molecule has 0 aromatic carbocycles. The van der Waals surface area contributed by atoms with Crippen LogP contribution in [0.4, 0.5) is 13.2 Å². The van der Waals surface area contributed by atoms with Gasteiger partial charge in [0.15, 0.2) is 0 Å². The van der Waals surface area contributed by atoms with Crippen molar-refractivity contribution >= 4 is 0 Å². The van der Waals surface area contributed by atoms with E-state index in [4.69, 9.17) is 4.74 Å². The van der Waals surface area contributed by atoms with Crippen LogP contribution in [0.1, 0.15) is 36.2 Å². The minimum Gasteiger partial charge on any atom is -0.381 e. The predicted molar refractivity (Wildman–Crippen MR) is 69.6 cm³/mol. The molecule has 1 atom stereocenters. The zero-order valence-electron chi connectivity index (χ0n) is 11.5. The summed E-state index contributed by atoms with van der Waals surface area (Å²) in [4.78, 5) is 4.47. The van der Waals surface area contributed by atoms with Gasteiger partial charge >= 0.3 is 6.18 Å². The van der Waals surface area contributed by atoms with Crippen LogP contribution in [-0.2, 0) is 17.7 Å². The highest BCUT2D eigenvalue weighted by atomic mass is 19.4. The highest BCUT2D eigenvalue weighted by molar-refractivity contribution is 5.27. The van der Waals surface area contributed by atoms with Crippen molar-refractivity contribution in [1.29, 1.82) is 0 Å². The van der Waals surface area contributed by atoms with Crippen LogP contribution in [0.3, 0.4) is 0 Å². The predicted octanol–water partition coefficient (Wildman–Crippen LogP) is 2.80. The van der Waals surface area contributed by atoms with Gasteiger partial charge in [0.05, 0.1) is 18.8 Å². The first-order chi connectivity index (χ1) is 9.49. The summed E-state index contributed by atoms with van der Waals surface area (Å²) in [7, 11) is 0. The number of pyridine rings is 1. The number of rotatable bonds is 5. The molecule has 3 nitrogen and oxygen atoms in total. The average molecular weight is 288 g/mol. The average Bonchev–Trinajstić information content (AvgIpc) is 2.91. The Kier molecular flexibility index (Phi) is 4.99. The van der Waals surface area contributed by atoms with Gasteiger partial charge in [-0.15, -0.1) is 0 Å². The van der Waals surface area contributed by atoms with E-state index >= 15 is 0 Å². The zero-order valence-corrected chi connectivity index (χ0v) is 11.5. The van der Waals surface area contributed by atoms with Crippen molar-refractivity contribution in [2.75, 3.05) is 19.8 Å². The lowest BCUT2D eigenvalue weighted by Crippen LogP contribution is -2.29. The molecule has 0 aliphatic carbocycles. The summed E-state index contributed by atoms with van der Waals surface area (Å²) < 4.78 is 42.0. The van der Waals surface area contributed by atoms with Gasteiger partial charge in [-0.2, -0.15) is 13.2 Å². The van der Waals surface area contributed by atoms with Crippen molar-refractivity contribution in [3.05, 3.63) is 29.1 Å². The monoisotopic (exact) mass is 288 g/mol. The maximum atomic E-state index is 12.2. The number of aromatic nitrogens is 1. The second-order valence-corrected chi connectivity index (χ2v) is 4.97. The SMILES string of the molecule is CCc1ccc([C@@H]2CCOC2)c(CNCC(F)(F)F)n1. The van der Waals surface area contributed by atoms with Crippen molar-refractivity contribution < 1.29 is 17.9 Å². The smallest absolute Gasteiger partial charge is 0.381 e. The van der Waals surface area contributed by atoms with E-state index in [1.165, 1.54) is 0 Å². The van der Waals surface area contributed by atoms with Crippen molar-refractivity contribution in [2.24, 2.45) is 0 Å². The minimum atomic E-state index is -4.20. The Hall–Kier alpha value is -1.14. The molecular weight excluding hydrogens is 269 g/mol. The third-order valence-corrected chi connectivity index (χ3v) is 3.42. The van der Waals surface area contributed by atoms with E-state index in [0.717, 1.165) is 24.1 Å². The molecule has 0 spiro atoms. The Morgan fingerprint density at radius 1 is 1.40 bits per heavy atom. The van der Waals surface area contributed by atoms with Gasteiger partial charge in [0.2, 0.25) is 0 Å². The van der Waals surface area contributed by atoms with Gasteiger partial charge < -0.3 is 10.1 Å². The maximum absolute atomic E-state index is 12.2. The van der Waals surface area contributed by atoms with Crippen LogP contribution in [-0.4, -0.2) is 30.9 Å². The Bertz CT molecular complexity index is 443. The molecule has 1 fully saturated rings. The van der Waals surface area contributed by atoms with Gasteiger partial charge in [-0.3, -0.25) is 4.98 Å². The number of aryl methyl sites for hydroxylation is 1. The van der Waals surface area contributed by atoms with Crippen LogP contribution >= 0.6 is 0 Å². The van der Waals surface area contributed by atoms with E-state index in [1.807, 2.05) is 19.1 Å². The van der Waals surface area contributed by atoms with Crippen molar-refractivity contribution in [3.8, 4) is 0 Å². The molecule has 2 rings (SSSR count). The van der Waals surface area contributed by atoms with E-state index < -0.39 is 12.7 Å². The number of alkyl halides is 3. The highest BCUT2D eigenvalue weighted by Crippen LogP contribution is 2.27. The maximum Gasteiger partial charge on any atom is 0.401 e. The first kappa shape index (κ1) is 15.3. The van der Waals surface area contributed by atoms with Crippen molar-refractivity contribution in [3.63, 3.8) is 0 Å². The number of nitrogens with one attached hydrogen (secondary N) is 1. The molecule has 2 heterocycles. The Morgan fingerprint density at radius 3 is 2.80 bits per heavy atom. The number of ether oxygens (including phenoxy) is 1. The molecule has 1 aliphatic heterocycles. The Balaban J connectivity index is 2.10. The van der Waals surface area contributed by atoms with Crippen LogP contribution in [0.25, 0.3) is 0 Å². The number of halogens is 3. The molecular formula is C14H19F3N2O. The molecule has 0 amide bonds. The third kappa shape index (κ3) is 4.18. The van der Waals surface area contributed by atoms with Crippen molar-refractivity contribution in [2.45, 2.75) is 38.4 Å². The second-order valence-electron chi connectivity index (χ2n) is 4.97. The molecule has 112 valence electrons. The second kappa shape index (κ2) is 6.54. The third-order valence-electron chi connectivity index (χ3n) is 3.42. The van der Waals surface area contributed by atoms with Crippen LogP contribution in [0, 0.1) is 0 Å². The summed E-state index contributed by atoms with van der Waals surface area (Å²) in [6, 6.07) is 3.93. The topological polar surface area (TPSA) is 34.1 Å². The number of nitrogens with zero attached hydrogens (tertiary/aromatic N) is 1. The Morgan fingerprint density at radius 2 is 2.20 bits per heavy atom. The van der Waals surface area contributed by atoms with Gasteiger partial charge in [0.1, 0.15) is 0 Å². The lowest BCUT2D eigenvalue weighted by molar-refractivity contribution is -0.125. The number of hydrogen-bond acceptors (Lipinski definition) is 3. The van der Waals surface area contributed by atoms with Crippen LogP contribution in [0.5, 0.6) is 0 Å². The molecule has 0 bridgehead atoms. The zero-order chi connectivity index (χ0) is 14.6. The van der Waals surface area contributed by atoms with E-state index in [2.05, 4.69) is 10.3 Å². The molecule has 1 aromatic heterocycles. The van der Waals surface area contributed by atoms with Crippen LogP contribution < -0.4 is 5.32 Å². The molecule has 20 heavy (non-hydrogen) atoms. The quantitative estimate of drug-likeness (QED) is 0.904. The standard InChI is InChI=1S/C14H19F3N2O/c1-2-11-3-4-12(10-5-6-20-8-10)13(19-11)7-18-9-14(15,16)17/h3-4,10,18H,2,5-9H2,1H3/t10-/m1/s1. The Labute approximate surface area is 116 Å². The van der Waals surface area contributed by atoms with Gasteiger partial charge in [0.25, 0.3) is 0 Å². The summed E-state index contributed by atoms with van der Waals surface area (Å²) in [5.41, 5.74) is 2.62. The van der Waals surface area contributed by atoms with E-state index in [-0.39, 0.29) is 12.5 Å². The summed E-state index contributed by atoms with van der Waals surface area (Å²) in [6.07, 6.45) is -2.52.